The third-order valence-corrected chi connectivity index (χ3v) is 6.76. The topological polar surface area (TPSA) is 114 Å². The summed E-state index contributed by atoms with van der Waals surface area (Å²) >= 11 is 6.16. The van der Waals surface area contributed by atoms with E-state index in [0.29, 0.717) is 38.9 Å². The fourth-order valence-electron chi connectivity index (χ4n) is 4.58. The smallest absolute Gasteiger partial charge is 0.302 e. The zero-order chi connectivity index (χ0) is 27.1. The van der Waals surface area contributed by atoms with Gasteiger partial charge in [0.15, 0.2) is 11.5 Å². The quantitative estimate of drug-likeness (QED) is 0.199. The van der Waals surface area contributed by atoms with E-state index in [9.17, 15) is 14.7 Å². The van der Waals surface area contributed by atoms with Crippen molar-refractivity contribution in [1.29, 1.82) is 0 Å². The molecular formula is C28H24ClN3O6. The van der Waals surface area contributed by atoms with Crippen LogP contribution in [0.15, 0.2) is 60.2 Å². The number of hydrogen-bond acceptors (Lipinski definition) is 7. The Bertz CT molecular complexity index is 1630. The number of aliphatic hydroxyl groups is 1. The number of nitrogens with one attached hydrogen (secondary N) is 1. The molecule has 9 nitrogen and oxygen atoms in total. The fourth-order valence-corrected chi connectivity index (χ4v) is 4.77. The van der Waals surface area contributed by atoms with Crippen LogP contribution in [0.3, 0.4) is 0 Å². The molecule has 3 aromatic carbocycles. The minimum atomic E-state index is -1.03. The minimum Gasteiger partial charge on any atom is -0.507 e. The molecule has 0 spiro atoms. The first-order valence-corrected chi connectivity index (χ1v) is 12.0. The molecule has 1 amide bonds. The number of imidazole rings is 1. The second kappa shape index (κ2) is 9.75. The molecule has 1 fully saturated rings. The van der Waals surface area contributed by atoms with Crippen molar-refractivity contribution in [3.05, 3.63) is 81.9 Å². The van der Waals surface area contributed by atoms with Gasteiger partial charge in [-0.15, -0.1) is 0 Å². The summed E-state index contributed by atoms with van der Waals surface area (Å²) in [6.45, 7) is 1.94. The number of anilines is 1. The molecule has 0 saturated carbocycles. The van der Waals surface area contributed by atoms with Gasteiger partial charge in [0.25, 0.3) is 5.78 Å². The molecule has 0 radical (unpaired) electrons. The number of rotatable bonds is 6. The van der Waals surface area contributed by atoms with E-state index < -0.39 is 17.7 Å². The molecule has 1 unspecified atom stereocenters. The lowest BCUT2D eigenvalue weighted by molar-refractivity contribution is -0.132. The van der Waals surface area contributed by atoms with Crippen LogP contribution in [-0.4, -0.2) is 48.1 Å². The lowest BCUT2D eigenvalue weighted by Gasteiger charge is -2.24. The van der Waals surface area contributed by atoms with Crippen molar-refractivity contribution in [2.24, 2.45) is 0 Å². The van der Waals surface area contributed by atoms with Crippen LogP contribution >= 0.6 is 11.6 Å². The number of carbonyl (C=O) groups is 2. The number of H-pyrrole nitrogens is 1. The minimum absolute atomic E-state index is 0.122. The number of aromatic nitrogens is 2. The normalized spacial score (nSPS) is 16.8. The first-order valence-electron chi connectivity index (χ1n) is 11.6. The van der Waals surface area contributed by atoms with Crippen LogP contribution in [-0.2, 0) is 9.59 Å². The third kappa shape index (κ3) is 4.10. The Balaban J connectivity index is 1.75. The zero-order valence-corrected chi connectivity index (χ0v) is 21.8. The highest BCUT2D eigenvalue weighted by molar-refractivity contribution is 6.51. The number of benzene rings is 3. The molecule has 38 heavy (non-hydrogen) atoms. The van der Waals surface area contributed by atoms with Crippen molar-refractivity contribution in [2.75, 3.05) is 26.2 Å². The summed E-state index contributed by atoms with van der Waals surface area (Å²) in [5.74, 6) is -0.761. The molecule has 1 saturated heterocycles. The van der Waals surface area contributed by atoms with Gasteiger partial charge in [0, 0.05) is 5.56 Å². The standard InChI is InChI=1S/C28H24ClN3O6/c1-14-5-9-18-19(11-14)31-28(30-18)32-24(15-7-10-20(36-2)22(12-15)38-4)23(26(34)27(32)35)25(33)16-6-8-17(29)21(13-16)37-3/h5-13,24,33H,1-4H3,(H,30,31)/b25-23+. The highest BCUT2D eigenvalue weighted by Crippen LogP contribution is 2.44. The third-order valence-electron chi connectivity index (χ3n) is 6.45. The molecule has 5 rings (SSSR count). The van der Waals surface area contributed by atoms with Crippen molar-refractivity contribution >= 4 is 46.0 Å². The molecule has 0 aliphatic carbocycles. The maximum absolute atomic E-state index is 13.5. The van der Waals surface area contributed by atoms with Gasteiger partial charge in [-0.3, -0.25) is 14.5 Å². The highest BCUT2D eigenvalue weighted by Gasteiger charge is 2.48. The SMILES string of the molecule is COc1cc(/C(O)=C2\C(=O)C(=O)N(c3nc4ccc(C)cc4[nH]3)C2c2ccc(OC)c(OC)c2)ccc1Cl. The van der Waals surface area contributed by atoms with E-state index in [0.717, 1.165) is 5.56 Å². The number of aliphatic hydroxyl groups excluding tert-OH is 1. The van der Waals surface area contributed by atoms with Gasteiger partial charge in [-0.2, -0.15) is 0 Å². The number of aryl methyl sites for hydroxylation is 1. The Labute approximate surface area is 223 Å². The van der Waals surface area contributed by atoms with Crippen molar-refractivity contribution in [1.82, 2.24) is 9.97 Å². The van der Waals surface area contributed by atoms with Gasteiger partial charge in [0.05, 0.1) is 49.0 Å². The van der Waals surface area contributed by atoms with E-state index in [1.165, 1.54) is 32.3 Å². The monoisotopic (exact) mass is 533 g/mol. The molecule has 1 aliphatic rings. The molecule has 1 aliphatic heterocycles. The maximum Gasteiger partial charge on any atom is 0.302 e. The van der Waals surface area contributed by atoms with Gasteiger partial charge >= 0.3 is 5.91 Å². The number of nitrogens with zero attached hydrogens (tertiary/aromatic N) is 2. The van der Waals surface area contributed by atoms with E-state index >= 15 is 0 Å². The second-order valence-corrected chi connectivity index (χ2v) is 9.12. The first-order chi connectivity index (χ1) is 18.3. The van der Waals surface area contributed by atoms with Crippen molar-refractivity contribution in [3.63, 3.8) is 0 Å². The van der Waals surface area contributed by atoms with E-state index in [4.69, 9.17) is 25.8 Å². The number of ether oxygens (including phenoxy) is 3. The summed E-state index contributed by atoms with van der Waals surface area (Å²) in [6.07, 6.45) is 0. The summed E-state index contributed by atoms with van der Waals surface area (Å²) in [5, 5.41) is 11.7. The number of amides is 1. The summed E-state index contributed by atoms with van der Waals surface area (Å²) in [5.41, 5.74) is 2.97. The Kier molecular flexibility index (Phi) is 6.46. The zero-order valence-electron chi connectivity index (χ0n) is 21.0. The van der Waals surface area contributed by atoms with Crippen LogP contribution in [0.4, 0.5) is 5.95 Å². The number of fused-ring (bicyclic) bond motifs is 1. The van der Waals surface area contributed by atoms with Gasteiger partial charge in [-0.25, -0.2) is 4.98 Å². The summed E-state index contributed by atoms with van der Waals surface area (Å²) in [4.78, 5) is 36.0. The number of Topliss-reactive ketones (excluding diaryl/α,β-unsaturated/α-hetero) is 1. The molecule has 194 valence electrons. The van der Waals surface area contributed by atoms with Gasteiger partial charge in [-0.05, 0) is 60.5 Å². The number of aromatic amines is 1. The van der Waals surface area contributed by atoms with Crippen LogP contribution in [0.1, 0.15) is 22.7 Å². The van der Waals surface area contributed by atoms with E-state index in [1.807, 2.05) is 25.1 Å². The number of methoxy groups -OCH3 is 3. The van der Waals surface area contributed by atoms with Crippen LogP contribution < -0.4 is 19.1 Å². The molecule has 2 heterocycles. The Hall–Kier alpha value is -4.50. The number of ketones is 1. The molecule has 10 heteroatoms. The Morgan fingerprint density at radius 3 is 2.39 bits per heavy atom. The van der Waals surface area contributed by atoms with Crippen LogP contribution in [0, 0.1) is 6.92 Å². The molecular weight excluding hydrogens is 510 g/mol. The van der Waals surface area contributed by atoms with E-state index in [1.54, 1.807) is 30.3 Å². The Morgan fingerprint density at radius 1 is 0.947 bits per heavy atom. The first kappa shape index (κ1) is 25.2. The summed E-state index contributed by atoms with van der Waals surface area (Å²) in [6, 6.07) is 14.2. The van der Waals surface area contributed by atoms with E-state index in [-0.39, 0.29) is 22.8 Å². The van der Waals surface area contributed by atoms with Crippen LogP contribution in [0.25, 0.3) is 16.8 Å². The molecule has 0 bridgehead atoms. The summed E-state index contributed by atoms with van der Waals surface area (Å²) in [7, 11) is 4.44. The largest absolute Gasteiger partial charge is 0.507 e. The molecule has 1 atom stereocenters. The van der Waals surface area contributed by atoms with Crippen molar-refractivity contribution in [2.45, 2.75) is 13.0 Å². The van der Waals surface area contributed by atoms with Crippen LogP contribution in [0.5, 0.6) is 17.2 Å². The number of carbonyl (C=O) groups excluding carboxylic acids is 2. The van der Waals surface area contributed by atoms with Gasteiger partial charge < -0.3 is 24.3 Å². The Morgan fingerprint density at radius 2 is 1.68 bits per heavy atom. The predicted octanol–water partition coefficient (Wildman–Crippen LogP) is 5.18. The average Bonchev–Trinajstić information content (AvgIpc) is 3.45. The maximum atomic E-state index is 13.5. The lowest BCUT2D eigenvalue weighted by atomic mass is 9.95. The lowest BCUT2D eigenvalue weighted by Crippen LogP contribution is -2.30. The average molecular weight is 534 g/mol. The van der Waals surface area contributed by atoms with Gasteiger partial charge in [-0.1, -0.05) is 23.7 Å². The predicted molar refractivity (Wildman–Crippen MR) is 143 cm³/mol. The second-order valence-electron chi connectivity index (χ2n) is 8.71. The van der Waals surface area contributed by atoms with E-state index in [2.05, 4.69) is 9.97 Å². The molecule has 1 aromatic heterocycles. The highest BCUT2D eigenvalue weighted by atomic mass is 35.5. The molecule has 2 N–H and O–H groups in total. The number of halogens is 1. The van der Waals surface area contributed by atoms with Gasteiger partial charge in [0.1, 0.15) is 11.5 Å². The summed E-state index contributed by atoms with van der Waals surface area (Å²) < 4.78 is 16.1. The number of hydrogen-bond donors (Lipinski definition) is 2. The fraction of sp³-hybridized carbons (Fsp3) is 0.179. The van der Waals surface area contributed by atoms with Gasteiger partial charge in [0.2, 0.25) is 5.95 Å². The van der Waals surface area contributed by atoms with Crippen LogP contribution in [0.2, 0.25) is 5.02 Å². The van der Waals surface area contributed by atoms with Crippen molar-refractivity contribution in [3.8, 4) is 17.2 Å². The van der Waals surface area contributed by atoms with Crippen molar-refractivity contribution < 1.29 is 28.9 Å². The molecule has 4 aromatic rings.